The normalized spacial score (nSPS) is 16.5. The minimum atomic E-state index is -0.661. The quantitative estimate of drug-likeness (QED) is 0.629. The number of methoxy groups -OCH3 is 1. The maximum absolute atomic E-state index is 12.4. The van der Waals surface area contributed by atoms with Gasteiger partial charge >= 0.3 is 5.97 Å². The second-order valence-corrected chi connectivity index (χ2v) is 7.35. The number of esters is 1. The molecular formula is C21H18ClNO5S. The summed E-state index contributed by atoms with van der Waals surface area (Å²) >= 11 is 7.04. The Morgan fingerprint density at radius 3 is 2.55 bits per heavy atom. The van der Waals surface area contributed by atoms with Crippen molar-refractivity contribution in [3.8, 4) is 11.5 Å². The molecule has 0 radical (unpaired) electrons. The molecule has 150 valence electrons. The zero-order valence-electron chi connectivity index (χ0n) is 15.7. The van der Waals surface area contributed by atoms with Crippen molar-refractivity contribution < 1.29 is 24.5 Å². The van der Waals surface area contributed by atoms with E-state index < -0.39 is 5.97 Å². The Bertz CT molecular complexity index is 1030. The summed E-state index contributed by atoms with van der Waals surface area (Å²) < 4.78 is 10.1. The zero-order valence-corrected chi connectivity index (χ0v) is 17.3. The van der Waals surface area contributed by atoms with Crippen molar-refractivity contribution in [2.75, 3.05) is 13.7 Å². The van der Waals surface area contributed by atoms with E-state index in [4.69, 9.17) is 21.1 Å². The van der Waals surface area contributed by atoms with Gasteiger partial charge in [0.1, 0.15) is 16.4 Å². The first kappa shape index (κ1) is 20.8. The Morgan fingerprint density at radius 2 is 1.93 bits per heavy atom. The molecule has 0 aromatic heterocycles. The van der Waals surface area contributed by atoms with E-state index in [1.54, 1.807) is 49.4 Å². The van der Waals surface area contributed by atoms with E-state index in [2.05, 4.69) is 4.99 Å². The lowest BCUT2D eigenvalue weighted by Crippen LogP contribution is -2.12. The van der Waals surface area contributed by atoms with Crippen LogP contribution in [0.15, 0.2) is 63.7 Å². The standard InChI is InChI=1S/C21H18ClNO5S/c1-3-28-21(26)18-19(25)17(11-12-4-9-16(27-2)15(24)10-12)29-20(18)23-14-7-5-13(22)6-8-14/h4-11,24-25H,3H2,1-2H3. The van der Waals surface area contributed by atoms with Gasteiger partial charge in [0.15, 0.2) is 11.5 Å². The summed E-state index contributed by atoms with van der Waals surface area (Å²) in [6.45, 7) is 1.85. The van der Waals surface area contributed by atoms with Gasteiger partial charge in [-0.3, -0.25) is 0 Å². The molecule has 0 saturated heterocycles. The van der Waals surface area contributed by atoms with Gasteiger partial charge in [-0.25, -0.2) is 9.79 Å². The third kappa shape index (κ3) is 4.75. The predicted octanol–water partition coefficient (Wildman–Crippen LogP) is 5.25. The fourth-order valence-corrected chi connectivity index (χ4v) is 3.73. The van der Waals surface area contributed by atoms with Gasteiger partial charge < -0.3 is 19.7 Å². The molecular weight excluding hydrogens is 414 g/mol. The fourth-order valence-electron chi connectivity index (χ4n) is 2.57. The van der Waals surface area contributed by atoms with Gasteiger partial charge in [0.2, 0.25) is 0 Å². The number of phenols is 1. The molecule has 0 saturated carbocycles. The van der Waals surface area contributed by atoms with Crippen molar-refractivity contribution in [3.63, 3.8) is 0 Å². The molecule has 1 heterocycles. The first-order valence-electron chi connectivity index (χ1n) is 8.64. The van der Waals surface area contributed by atoms with Crippen molar-refractivity contribution in [2.24, 2.45) is 4.99 Å². The average molecular weight is 432 g/mol. The Morgan fingerprint density at radius 1 is 1.21 bits per heavy atom. The molecule has 0 spiro atoms. The molecule has 0 fully saturated rings. The Labute approximate surface area is 177 Å². The van der Waals surface area contributed by atoms with Gasteiger partial charge in [0.05, 0.1) is 24.3 Å². The molecule has 2 aromatic rings. The van der Waals surface area contributed by atoms with Crippen LogP contribution in [0.5, 0.6) is 11.5 Å². The van der Waals surface area contributed by atoms with Gasteiger partial charge in [-0.15, -0.1) is 0 Å². The highest BCUT2D eigenvalue weighted by Crippen LogP contribution is 2.41. The van der Waals surface area contributed by atoms with Crippen molar-refractivity contribution in [1.29, 1.82) is 0 Å². The average Bonchev–Trinajstić information content (AvgIpc) is 2.99. The molecule has 0 atom stereocenters. The topological polar surface area (TPSA) is 88.4 Å². The predicted molar refractivity (Wildman–Crippen MR) is 115 cm³/mol. The second-order valence-electron chi connectivity index (χ2n) is 5.88. The number of thioether (sulfide) groups is 1. The van der Waals surface area contributed by atoms with E-state index in [0.717, 1.165) is 11.8 Å². The number of ether oxygens (including phenoxy) is 2. The lowest BCUT2D eigenvalue weighted by Gasteiger charge is -2.04. The highest BCUT2D eigenvalue weighted by Gasteiger charge is 2.33. The minimum absolute atomic E-state index is 0.00390. The van der Waals surface area contributed by atoms with Crippen LogP contribution in [0.25, 0.3) is 6.08 Å². The molecule has 0 unspecified atom stereocenters. The molecule has 2 aromatic carbocycles. The van der Waals surface area contributed by atoms with Crippen LogP contribution in [0.1, 0.15) is 12.5 Å². The van der Waals surface area contributed by atoms with Crippen LogP contribution in [0.4, 0.5) is 5.69 Å². The fraction of sp³-hybridized carbons (Fsp3) is 0.143. The molecule has 0 amide bonds. The summed E-state index contributed by atoms with van der Waals surface area (Å²) in [4.78, 5) is 17.3. The van der Waals surface area contributed by atoms with Crippen LogP contribution in [0.2, 0.25) is 5.02 Å². The summed E-state index contributed by atoms with van der Waals surface area (Å²) in [5.41, 5.74) is 1.19. The molecule has 29 heavy (non-hydrogen) atoms. The number of carbonyl (C=O) groups is 1. The molecule has 0 bridgehead atoms. The highest BCUT2D eigenvalue weighted by atomic mass is 35.5. The number of benzene rings is 2. The molecule has 0 aliphatic carbocycles. The first-order chi connectivity index (χ1) is 13.9. The zero-order chi connectivity index (χ0) is 21.0. The van der Waals surface area contributed by atoms with Gasteiger partial charge in [-0.1, -0.05) is 29.4 Å². The monoisotopic (exact) mass is 431 g/mol. The highest BCUT2D eigenvalue weighted by molar-refractivity contribution is 8.18. The lowest BCUT2D eigenvalue weighted by atomic mass is 10.1. The van der Waals surface area contributed by atoms with E-state index in [1.165, 1.54) is 13.2 Å². The summed E-state index contributed by atoms with van der Waals surface area (Å²) in [7, 11) is 1.46. The number of rotatable bonds is 5. The second kappa shape index (κ2) is 9.07. The molecule has 1 aliphatic heterocycles. The van der Waals surface area contributed by atoms with Gasteiger partial charge in [-0.05, 0) is 55.0 Å². The summed E-state index contributed by atoms with van der Waals surface area (Å²) in [6, 6.07) is 11.6. The molecule has 6 nitrogen and oxygen atoms in total. The van der Waals surface area contributed by atoms with Crippen LogP contribution in [-0.2, 0) is 9.53 Å². The summed E-state index contributed by atoms with van der Waals surface area (Å²) in [5, 5.41) is 21.5. The number of halogens is 1. The van der Waals surface area contributed by atoms with E-state index in [0.29, 0.717) is 32.0 Å². The Hall–Kier alpha value is -2.90. The van der Waals surface area contributed by atoms with Gasteiger partial charge in [0, 0.05) is 5.02 Å². The van der Waals surface area contributed by atoms with Crippen molar-refractivity contribution in [2.45, 2.75) is 6.92 Å². The number of aromatic hydroxyl groups is 1. The summed E-state index contributed by atoms with van der Waals surface area (Å²) in [6.07, 6.45) is 1.64. The largest absolute Gasteiger partial charge is 0.506 e. The minimum Gasteiger partial charge on any atom is -0.506 e. The third-order valence-corrected chi connectivity index (χ3v) is 5.20. The van der Waals surface area contributed by atoms with Crippen LogP contribution in [-0.4, -0.2) is 34.9 Å². The van der Waals surface area contributed by atoms with Crippen molar-refractivity contribution >= 4 is 46.1 Å². The van der Waals surface area contributed by atoms with Crippen LogP contribution < -0.4 is 4.74 Å². The molecule has 8 heteroatoms. The van der Waals surface area contributed by atoms with E-state index in [9.17, 15) is 15.0 Å². The van der Waals surface area contributed by atoms with Gasteiger partial charge in [-0.2, -0.15) is 0 Å². The number of phenolic OH excluding ortho intramolecular Hbond substituents is 1. The number of carbonyl (C=O) groups excluding carboxylic acids is 1. The third-order valence-electron chi connectivity index (χ3n) is 3.93. The lowest BCUT2D eigenvalue weighted by molar-refractivity contribution is -0.138. The smallest absolute Gasteiger partial charge is 0.344 e. The number of nitrogens with zero attached hydrogens (tertiary/aromatic N) is 1. The van der Waals surface area contributed by atoms with Crippen molar-refractivity contribution in [1.82, 2.24) is 0 Å². The van der Waals surface area contributed by atoms with Crippen molar-refractivity contribution in [3.05, 3.63) is 69.3 Å². The Balaban J connectivity index is 2.02. The summed E-state index contributed by atoms with van der Waals surface area (Å²) in [5.74, 6) is -0.583. The number of aliphatic hydroxyl groups excluding tert-OH is 1. The van der Waals surface area contributed by atoms with E-state index in [-0.39, 0.29) is 23.7 Å². The number of hydrogen-bond donors (Lipinski definition) is 2. The number of aliphatic imine (C=N–C) groups is 1. The van der Waals surface area contributed by atoms with Crippen LogP contribution in [0.3, 0.4) is 0 Å². The molecule has 3 rings (SSSR count). The maximum Gasteiger partial charge on any atom is 0.344 e. The molecule has 2 N–H and O–H groups in total. The van der Waals surface area contributed by atoms with E-state index >= 15 is 0 Å². The number of hydrogen-bond acceptors (Lipinski definition) is 7. The van der Waals surface area contributed by atoms with Crippen LogP contribution in [0, 0.1) is 0 Å². The Kier molecular flexibility index (Phi) is 6.51. The number of aliphatic hydroxyl groups is 1. The SMILES string of the molecule is CCOC(=O)C1=C(O)C(=Cc2ccc(OC)c(O)c2)SC1=Nc1ccc(Cl)cc1. The first-order valence-corrected chi connectivity index (χ1v) is 9.84. The maximum atomic E-state index is 12.4. The van der Waals surface area contributed by atoms with Crippen LogP contribution >= 0.6 is 23.4 Å². The van der Waals surface area contributed by atoms with Gasteiger partial charge in [0.25, 0.3) is 0 Å². The van der Waals surface area contributed by atoms with E-state index in [1.807, 2.05) is 0 Å². The molecule has 1 aliphatic rings.